The summed E-state index contributed by atoms with van der Waals surface area (Å²) in [5, 5.41) is 9.44. The quantitative estimate of drug-likeness (QED) is 0.613. The number of hydrogen-bond donors (Lipinski definition) is 3. The minimum absolute atomic E-state index is 0.157. The number of amides is 1. The molecule has 0 radical (unpaired) electrons. The van der Waals surface area contributed by atoms with Crippen LogP contribution in [0.2, 0.25) is 0 Å². The fraction of sp³-hybridized carbons (Fsp3) is 0.909. The first-order valence-electron chi connectivity index (χ1n) is 5.85. The van der Waals surface area contributed by atoms with Crippen molar-refractivity contribution in [2.45, 2.75) is 44.7 Å². The molecular formula is C11H23N3O. The van der Waals surface area contributed by atoms with Crippen LogP contribution in [0.5, 0.6) is 0 Å². The highest BCUT2D eigenvalue weighted by Crippen LogP contribution is 2.22. The number of hydrogen-bond acceptors (Lipinski definition) is 3. The van der Waals surface area contributed by atoms with E-state index in [9.17, 15) is 4.79 Å². The van der Waals surface area contributed by atoms with Crippen molar-refractivity contribution >= 4 is 5.91 Å². The first-order chi connectivity index (χ1) is 7.14. The first-order valence-corrected chi connectivity index (χ1v) is 5.85. The van der Waals surface area contributed by atoms with Gasteiger partial charge in [-0.05, 0) is 39.8 Å². The van der Waals surface area contributed by atoms with Gasteiger partial charge in [0.2, 0.25) is 5.91 Å². The second kappa shape index (κ2) is 5.47. The molecule has 0 spiro atoms. The van der Waals surface area contributed by atoms with Crippen LogP contribution in [-0.2, 0) is 4.79 Å². The summed E-state index contributed by atoms with van der Waals surface area (Å²) in [5.74, 6) is 0.157. The van der Waals surface area contributed by atoms with E-state index in [1.54, 1.807) is 0 Å². The maximum atomic E-state index is 12.0. The molecule has 2 atom stereocenters. The fourth-order valence-electron chi connectivity index (χ4n) is 1.98. The molecular weight excluding hydrogens is 190 g/mol. The largest absolute Gasteiger partial charge is 0.353 e. The average molecular weight is 213 g/mol. The molecule has 1 fully saturated rings. The molecule has 0 bridgehead atoms. The number of carbonyl (C=O) groups is 1. The van der Waals surface area contributed by atoms with Crippen molar-refractivity contribution in [3.63, 3.8) is 0 Å². The minimum Gasteiger partial charge on any atom is -0.353 e. The summed E-state index contributed by atoms with van der Waals surface area (Å²) in [6, 6.07) is 0.323. The highest BCUT2D eigenvalue weighted by Gasteiger charge is 2.38. The zero-order valence-corrected chi connectivity index (χ0v) is 10.0. The Morgan fingerprint density at radius 3 is 2.80 bits per heavy atom. The molecule has 0 aromatic heterocycles. The van der Waals surface area contributed by atoms with Crippen LogP contribution < -0.4 is 16.0 Å². The Morgan fingerprint density at radius 1 is 1.60 bits per heavy atom. The lowest BCUT2D eigenvalue weighted by molar-refractivity contribution is -0.127. The summed E-state index contributed by atoms with van der Waals surface area (Å²) in [5.41, 5.74) is -0.298. The van der Waals surface area contributed by atoms with Crippen molar-refractivity contribution in [1.29, 1.82) is 0 Å². The maximum absolute atomic E-state index is 12.0. The van der Waals surface area contributed by atoms with E-state index in [2.05, 4.69) is 29.8 Å². The third-order valence-corrected chi connectivity index (χ3v) is 3.34. The smallest absolute Gasteiger partial charge is 0.240 e. The molecule has 1 rings (SSSR count). The van der Waals surface area contributed by atoms with Gasteiger partial charge in [-0.1, -0.05) is 6.92 Å². The Labute approximate surface area is 92.2 Å². The van der Waals surface area contributed by atoms with Gasteiger partial charge in [-0.25, -0.2) is 0 Å². The van der Waals surface area contributed by atoms with Crippen molar-refractivity contribution < 1.29 is 4.79 Å². The molecule has 15 heavy (non-hydrogen) atoms. The van der Waals surface area contributed by atoms with Gasteiger partial charge in [0.05, 0.1) is 5.54 Å². The maximum Gasteiger partial charge on any atom is 0.240 e. The van der Waals surface area contributed by atoms with Crippen LogP contribution >= 0.6 is 0 Å². The third-order valence-electron chi connectivity index (χ3n) is 3.34. The molecule has 1 amide bonds. The third kappa shape index (κ3) is 2.92. The van der Waals surface area contributed by atoms with E-state index in [1.165, 1.54) is 0 Å². The van der Waals surface area contributed by atoms with Crippen molar-refractivity contribution in [1.82, 2.24) is 16.0 Å². The number of carbonyl (C=O) groups excluding carboxylic acids is 1. The second-order valence-corrected chi connectivity index (χ2v) is 4.37. The Balaban J connectivity index is 2.44. The molecule has 88 valence electrons. The molecule has 1 aliphatic heterocycles. The summed E-state index contributed by atoms with van der Waals surface area (Å²) in [6.07, 6.45) is 2.93. The molecule has 0 aliphatic carbocycles. The standard InChI is InChI=1S/C11H23N3O/c1-4-11(6-5-7-14-11)10(15)13-8-9(2)12-3/h9,12,14H,4-8H2,1-3H3,(H,13,15). The van der Waals surface area contributed by atoms with Crippen molar-refractivity contribution in [3.8, 4) is 0 Å². The van der Waals surface area contributed by atoms with Gasteiger partial charge in [0.1, 0.15) is 0 Å². The topological polar surface area (TPSA) is 53.2 Å². The van der Waals surface area contributed by atoms with Crippen LogP contribution in [0.1, 0.15) is 33.1 Å². The highest BCUT2D eigenvalue weighted by molar-refractivity contribution is 5.86. The molecule has 3 N–H and O–H groups in total. The molecule has 1 saturated heterocycles. The minimum atomic E-state index is -0.298. The number of nitrogens with one attached hydrogen (secondary N) is 3. The lowest BCUT2D eigenvalue weighted by atomic mass is 9.93. The van der Waals surface area contributed by atoms with Gasteiger partial charge in [0, 0.05) is 12.6 Å². The Kier molecular flexibility index (Phi) is 4.54. The lowest BCUT2D eigenvalue weighted by Gasteiger charge is -2.27. The Bertz CT molecular complexity index is 212. The molecule has 4 heteroatoms. The monoisotopic (exact) mass is 213 g/mol. The van der Waals surface area contributed by atoms with E-state index in [0.29, 0.717) is 12.6 Å². The second-order valence-electron chi connectivity index (χ2n) is 4.37. The summed E-state index contributed by atoms with van der Waals surface area (Å²) in [6.45, 7) is 5.78. The van der Waals surface area contributed by atoms with Crippen LogP contribution in [0.4, 0.5) is 0 Å². The number of likely N-dealkylation sites (N-methyl/N-ethyl adjacent to an activating group) is 1. The van der Waals surface area contributed by atoms with Crippen LogP contribution in [0.15, 0.2) is 0 Å². The van der Waals surface area contributed by atoms with Gasteiger partial charge in [-0.15, -0.1) is 0 Å². The van der Waals surface area contributed by atoms with Crippen LogP contribution in [-0.4, -0.2) is 37.6 Å². The molecule has 1 aliphatic rings. The predicted molar refractivity (Wildman–Crippen MR) is 61.8 cm³/mol. The Morgan fingerprint density at radius 2 is 2.33 bits per heavy atom. The highest BCUT2D eigenvalue weighted by atomic mass is 16.2. The summed E-state index contributed by atoms with van der Waals surface area (Å²) < 4.78 is 0. The van der Waals surface area contributed by atoms with Gasteiger partial charge in [0.15, 0.2) is 0 Å². The van der Waals surface area contributed by atoms with Gasteiger partial charge in [0.25, 0.3) is 0 Å². The SMILES string of the molecule is CCC1(C(=O)NCC(C)NC)CCCN1. The Hall–Kier alpha value is -0.610. The zero-order valence-electron chi connectivity index (χ0n) is 10.0. The van der Waals surface area contributed by atoms with Crippen molar-refractivity contribution in [3.05, 3.63) is 0 Å². The van der Waals surface area contributed by atoms with E-state index in [4.69, 9.17) is 0 Å². The van der Waals surface area contributed by atoms with Gasteiger partial charge in [-0.3, -0.25) is 4.79 Å². The van der Waals surface area contributed by atoms with Crippen LogP contribution in [0, 0.1) is 0 Å². The molecule has 1 heterocycles. The van der Waals surface area contributed by atoms with Crippen LogP contribution in [0.25, 0.3) is 0 Å². The van der Waals surface area contributed by atoms with E-state index in [-0.39, 0.29) is 11.4 Å². The van der Waals surface area contributed by atoms with Gasteiger partial charge < -0.3 is 16.0 Å². The van der Waals surface area contributed by atoms with Crippen molar-refractivity contribution in [2.75, 3.05) is 20.1 Å². The lowest BCUT2D eigenvalue weighted by Crippen LogP contribution is -2.54. The molecule has 4 nitrogen and oxygen atoms in total. The molecule has 0 aromatic rings. The number of rotatable bonds is 5. The van der Waals surface area contributed by atoms with Crippen molar-refractivity contribution in [2.24, 2.45) is 0 Å². The summed E-state index contributed by atoms with van der Waals surface area (Å²) >= 11 is 0. The normalized spacial score (nSPS) is 27.7. The average Bonchev–Trinajstić information content (AvgIpc) is 2.75. The first kappa shape index (κ1) is 12.5. The van der Waals surface area contributed by atoms with E-state index in [1.807, 2.05) is 7.05 Å². The van der Waals surface area contributed by atoms with Crippen LogP contribution in [0.3, 0.4) is 0 Å². The molecule has 0 saturated carbocycles. The van der Waals surface area contributed by atoms with Gasteiger partial charge in [-0.2, -0.15) is 0 Å². The fourth-order valence-corrected chi connectivity index (χ4v) is 1.98. The predicted octanol–water partition coefficient (Wildman–Crippen LogP) is 0.243. The van der Waals surface area contributed by atoms with E-state index in [0.717, 1.165) is 25.8 Å². The summed E-state index contributed by atoms with van der Waals surface area (Å²) in [4.78, 5) is 12.0. The van der Waals surface area contributed by atoms with E-state index >= 15 is 0 Å². The zero-order chi connectivity index (χ0) is 11.3. The summed E-state index contributed by atoms with van der Waals surface area (Å²) in [7, 11) is 1.90. The molecule has 2 unspecified atom stereocenters. The van der Waals surface area contributed by atoms with E-state index < -0.39 is 0 Å². The molecule has 0 aromatic carbocycles. The van der Waals surface area contributed by atoms with Gasteiger partial charge >= 0.3 is 0 Å².